The van der Waals surface area contributed by atoms with Gasteiger partial charge in [0.15, 0.2) is 16.6 Å². The van der Waals surface area contributed by atoms with E-state index < -0.39 is 11.9 Å². The van der Waals surface area contributed by atoms with Gasteiger partial charge in [0.25, 0.3) is 5.56 Å². The van der Waals surface area contributed by atoms with Crippen molar-refractivity contribution in [3.8, 4) is 16.4 Å². The number of nitrogens with two attached hydrogens (primary N) is 1. The number of benzene rings is 1. The first-order valence-electron chi connectivity index (χ1n) is 12.1. The first-order valence-corrected chi connectivity index (χ1v) is 12.9. The molecule has 0 atom stereocenters. The number of nitrogen functional groups attached to an aromatic ring is 1. The number of fused-ring (bicyclic) bond motifs is 2. The highest BCUT2D eigenvalue weighted by atomic mass is 32.1. The largest absolute Gasteiger partial charge is 0.481 e. The second-order valence-corrected chi connectivity index (χ2v) is 10.5. The molecule has 1 fully saturated rings. The average Bonchev–Trinajstić information content (AvgIpc) is 3.45. The number of nitrogens with zero attached hydrogens (tertiary/aromatic N) is 6. The normalized spacial score (nSPS) is 18.0. The predicted molar refractivity (Wildman–Crippen MR) is 142 cm³/mol. The Kier molecular flexibility index (Phi) is 5.52. The molecule has 3 N–H and O–H groups in total. The summed E-state index contributed by atoms with van der Waals surface area (Å²) in [5.41, 5.74) is 10.6. The number of carboxylic acids is 1. The molecule has 1 saturated carbocycles. The van der Waals surface area contributed by atoms with Gasteiger partial charge in [-0.25, -0.2) is 19.9 Å². The molecule has 0 radical (unpaired) electrons. The molecule has 0 saturated heterocycles. The van der Waals surface area contributed by atoms with E-state index in [0.29, 0.717) is 42.4 Å². The van der Waals surface area contributed by atoms with Crippen LogP contribution in [0, 0.1) is 19.8 Å². The third-order valence-electron chi connectivity index (χ3n) is 7.23. The molecule has 0 amide bonds. The zero-order valence-electron chi connectivity index (χ0n) is 20.4. The van der Waals surface area contributed by atoms with E-state index in [4.69, 9.17) is 10.7 Å². The van der Waals surface area contributed by atoms with E-state index in [1.54, 1.807) is 15.9 Å². The minimum absolute atomic E-state index is 0.193. The van der Waals surface area contributed by atoms with E-state index in [9.17, 15) is 14.7 Å². The number of aromatic nitrogens is 6. The molecule has 11 heteroatoms. The summed E-state index contributed by atoms with van der Waals surface area (Å²) in [6.07, 6.45) is 3.45. The van der Waals surface area contributed by atoms with Gasteiger partial charge in [-0.3, -0.25) is 18.7 Å². The molecule has 4 aromatic heterocycles. The molecule has 5 aromatic rings. The first-order chi connectivity index (χ1) is 17.8. The number of aryl methyl sites for hydroxylation is 2. The quantitative estimate of drug-likeness (QED) is 0.361. The molecule has 1 aliphatic rings. The summed E-state index contributed by atoms with van der Waals surface area (Å²) in [6.45, 7) is 4.09. The number of rotatable bonds is 4. The number of hydrogen-bond acceptors (Lipinski definition) is 8. The fourth-order valence-corrected chi connectivity index (χ4v) is 6.39. The Bertz CT molecular complexity index is 1730. The molecule has 0 bridgehead atoms. The maximum Gasteiger partial charge on any atom is 0.306 e. The number of anilines is 1. The van der Waals surface area contributed by atoms with Gasteiger partial charge in [-0.05, 0) is 63.8 Å². The first kappa shape index (κ1) is 23.3. The summed E-state index contributed by atoms with van der Waals surface area (Å²) in [6, 6.07) is 9.61. The number of carboxylic acid groups (broad SMARTS) is 1. The minimum atomic E-state index is -0.792. The molecule has 10 nitrogen and oxygen atoms in total. The summed E-state index contributed by atoms with van der Waals surface area (Å²) in [7, 11) is 0. The summed E-state index contributed by atoms with van der Waals surface area (Å²) < 4.78 is 4.69. The summed E-state index contributed by atoms with van der Waals surface area (Å²) in [5.74, 6) is -0.992. The fraction of sp³-hybridized carbons (Fsp3) is 0.308. The topological polar surface area (TPSA) is 142 Å². The van der Waals surface area contributed by atoms with Crippen molar-refractivity contribution in [1.82, 2.24) is 29.1 Å². The van der Waals surface area contributed by atoms with Crippen LogP contribution in [0.25, 0.3) is 37.8 Å². The second kappa shape index (κ2) is 8.77. The van der Waals surface area contributed by atoms with Crippen molar-refractivity contribution in [3.05, 3.63) is 58.4 Å². The van der Waals surface area contributed by atoms with E-state index >= 15 is 0 Å². The van der Waals surface area contributed by atoms with Gasteiger partial charge >= 0.3 is 5.97 Å². The molecule has 4 heterocycles. The Labute approximate surface area is 215 Å². The maximum absolute atomic E-state index is 13.9. The van der Waals surface area contributed by atoms with Crippen molar-refractivity contribution in [3.63, 3.8) is 0 Å². The van der Waals surface area contributed by atoms with Crippen molar-refractivity contribution in [2.45, 2.75) is 45.6 Å². The van der Waals surface area contributed by atoms with Gasteiger partial charge in [0.05, 0.1) is 16.1 Å². The van der Waals surface area contributed by atoms with E-state index in [-0.39, 0.29) is 23.1 Å². The van der Waals surface area contributed by atoms with Crippen LogP contribution in [-0.4, -0.2) is 40.1 Å². The summed E-state index contributed by atoms with van der Waals surface area (Å²) >= 11 is 1.55. The lowest BCUT2D eigenvalue weighted by Gasteiger charge is -2.28. The van der Waals surface area contributed by atoms with Crippen LogP contribution in [0.2, 0.25) is 0 Å². The van der Waals surface area contributed by atoms with Crippen LogP contribution in [0.3, 0.4) is 0 Å². The lowest BCUT2D eigenvalue weighted by Crippen LogP contribution is -2.32. The monoisotopic (exact) mass is 515 g/mol. The van der Waals surface area contributed by atoms with Crippen LogP contribution in [0.15, 0.2) is 41.5 Å². The van der Waals surface area contributed by atoms with Gasteiger partial charge in [-0.15, -0.1) is 0 Å². The Balaban J connectivity index is 1.49. The maximum atomic E-state index is 13.9. The Morgan fingerprint density at radius 2 is 1.78 bits per heavy atom. The lowest BCUT2D eigenvalue weighted by atomic mass is 9.86. The van der Waals surface area contributed by atoms with Crippen LogP contribution in [0.5, 0.6) is 0 Å². The number of hydrogen-bond donors (Lipinski definition) is 2. The zero-order valence-corrected chi connectivity index (χ0v) is 21.2. The van der Waals surface area contributed by atoms with Crippen molar-refractivity contribution in [2.75, 3.05) is 5.73 Å². The number of aliphatic carboxylic acids is 1. The fourth-order valence-electron chi connectivity index (χ4n) is 5.27. The van der Waals surface area contributed by atoms with Crippen LogP contribution < -0.4 is 11.3 Å². The van der Waals surface area contributed by atoms with Crippen molar-refractivity contribution < 1.29 is 9.90 Å². The number of thiazole rings is 1. The molecule has 0 spiro atoms. The van der Waals surface area contributed by atoms with Crippen molar-refractivity contribution in [2.24, 2.45) is 5.92 Å². The van der Waals surface area contributed by atoms with E-state index in [1.807, 2.05) is 32.0 Å². The van der Waals surface area contributed by atoms with E-state index in [1.165, 1.54) is 6.33 Å². The molecular formula is C26H25N7O3S. The third-order valence-corrected chi connectivity index (χ3v) is 8.23. The highest BCUT2D eigenvalue weighted by Crippen LogP contribution is 2.35. The SMILES string of the molecule is Cc1ccc(C)n1-c1nc2ccc(-c3nc4c(N)ncnc4n(C4CCC(C(=O)O)CC4)c3=O)cc2s1. The Morgan fingerprint density at radius 1 is 1.05 bits per heavy atom. The van der Waals surface area contributed by atoms with Crippen molar-refractivity contribution >= 4 is 44.5 Å². The third kappa shape index (κ3) is 3.86. The average molecular weight is 516 g/mol. The molecule has 0 unspecified atom stereocenters. The van der Waals surface area contributed by atoms with Gasteiger partial charge < -0.3 is 10.8 Å². The molecule has 1 aliphatic carbocycles. The zero-order chi connectivity index (χ0) is 25.8. The molecule has 0 aliphatic heterocycles. The van der Waals surface area contributed by atoms with E-state index in [0.717, 1.165) is 26.7 Å². The Hall–Kier alpha value is -4.12. The molecular weight excluding hydrogens is 490 g/mol. The summed E-state index contributed by atoms with van der Waals surface area (Å²) in [5, 5.41) is 10.3. The van der Waals surface area contributed by atoms with Crippen LogP contribution >= 0.6 is 11.3 Å². The van der Waals surface area contributed by atoms with Crippen LogP contribution in [0.4, 0.5) is 5.82 Å². The highest BCUT2D eigenvalue weighted by Gasteiger charge is 2.30. The standard InChI is InChI=1S/C26H25N7O3S/c1-13-3-4-14(2)32(13)26-30-18-10-7-16(11-19(18)37-26)20-24(34)33(17-8-5-15(6-9-17)25(35)36)23-21(31-20)22(27)28-12-29-23/h3-4,7,10-12,15,17H,5-6,8-9H2,1-2H3,(H,35,36)(H2,27,28,29). The second-order valence-electron chi connectivity index (χ2n) is 9.54. The van der Waals surface area contributed by atoms with Gasteiger partial charge in [0.1, 0.15) is 17.5 Å². The van der Waals surface area contributed by atoms with Crippen LogP contribution in [0.1, 0.15) is 43.1 Å². The molecule has 188 valence electrons. The number of carbonyl (C=O) groups is 1. The van der Waals surface area contributed by atoms with Crippen molar-refractivity contribution in [1.29, 1.82) is 0 Å². The van der Waals surface area contributed by atoms with E-state index in [2.05, 4.69) is 31.7 Å². The van der Waals surface area contributed by atoms with Gasteiger partial charge in [0.2, 0.25) is 0 Å². The Morgan fingerprint density at radius 3 is 2.49 bits per heavy atom. The van der Waals surface area contributed by atoms with Gasteiger partial charge in [-0.2, -0.15) is 0 Å². The molecule has 1 aromatic carbocycles. The smallest absolute Gasteiger partial charge is 0.306 e. The molecule has 37 heavy (non-hydrogen) atoms. The highest BCUT2D eigenvalue weighted by molar-refractivity contribution is 7.20. The summed E-state index contributed by atoms with van der Waals surface area (Å²) in [4.78, 5) is 43.2. The minimum Gasteiger partial charge on any atom is -0.481 e. The van der Waals surface area contributed by atoms with Gasteiger partial charge in [0, 0.05) is 23.0 Å². The lowest BCUT2D eigenvalue weighted by molar-refractivity contribution is -0.143. The molecule has 6 rings (SSSR count). The predicted octanol–water partition coefficient (Wildman–Crippen LogP) is 4.27. The van der Waals surface area contributed by atoms with Gasteiger partial charge in [-0.1, -0.05) is 17.4 Å². The van der Waals surface area contributed by atoms with Crippen LogP contribution in [-0.2, 0) is 4.79 Å².